The zero-order valence-electron chi connectivity index (χ0n) is 17.3. The third-order valence-corrected chi connectivity index (χ3v) is 6.93. The molecule has 2 aliphatic rings. The van der Waals surface area contributed by atoms with Gasteiger partial charge >= 0.3 is 0 Å². The summed E-state index contributed by atoms with van der Waals surface area (Å²) in [6.45, 7) is 6.59. The summed E-state index contributed by atoms with van der Waals surface area (Å²) < 4.78 is 11.0. The SMILES string of the molecule is COCCN1CCC(CN(CC2CCCO2)C(=O)CCCc2cccs2)CC1. The Morgan fingerprint density at radius 2 is 2.18 bits per heavy atom. The number of rotatable bonds is 11. The topological polar surface area (TPSA) is 42.0 Å². The largest absolute Gasteiger partial charge is 0.383 e. The number of amides is 1. The predicted molar refractivity (Wildman–Crippen MR) is 114 cm³/mol. The van der Waals surface area contributed by atoms with E-state index in [1.165, 1.54) is 17.7 Å². The molecule has 5 nitrogen and oxygen atoms in total. The van der Waals surface area contributed by atoms with Crippen molar-refractivity contribution in [3.63, 3.8) is 0 Å². The van der Waals surface area contributed by atoms with E-state index in [9.17, 15) is 4.79 Å². The zero-order chi connectivity index (χ0) is 19.6. The minimum absolute atomic E-state index is 0.239. The summed E-state index contributed by atoms with van der Waals surface area (Å²) in [5.41, 5.74) is 0. The molecular formula is C22H36N2O3S. The van der Waals surface area contributed by atoms with E-state index in [-0.39, 0.29) is 6.10 Å². The normalized spacial score (nSPS) is 21.2. The highest BCUT2D eigenvalue weighted by Crippen LogP contribution is 2.21. The number of aryl methyl sites for hydroxylation is 1. The van der Waals surface area contributed by atoms with Crippen molar-refractivity contribution in [2.75, 3.05) is 53.0 Å². The van der Waals surface area contributed by atoms with Crippen molar-refractivity contribution in [1.29, 1.82) is 0 Å². The van der Waals surface area contributed by atoms with Gasteiger partial charge in [0.15, 0.2) is 0 Å². The molecule has 2 saturated heterocycles. The molecule has 1 aromatic rings. The van der Waals surface area contributed by atoms with Crippen LogP contribution in [0, 0.1) is 5.92 Å². The van der Waals surface area contributed by atoms with Gasteiger partial charge in [-0.2, -0.15) is 0 Å². The lowest BCUT2D eigenvalue weighted by molar-refractivity contribution is -0.133. The highest BCUT2D eigenvalue weighted by Gasteiger charge is 2.27. The van der Waals surface area contributed by atoms with Crippen LogP contribution in [0.1, 0.15) is 43.4 Å². The highest BCUT2D eigenvalue weighted by atomic mass is 32.1. The van der Waals surface area contributed by atoms with E-state index in [1.54, 1.807) is 18.4 Å². The van der Waals surface area contributed by atoms with E-state index in [1.807, 2.05) is 0 Å². The smallest absolute Gasteiger partial charge is 0.222 e. The lowest BCUT2D eigenvalue weighted by Crippen LogP contribution is -2.44. The van der Waals surface area contributed by atoms with Crippen LogP contribution in [0.3, 0.4) is 0 Å². The number of hydrogen-bond donors (Lipinski definition) is 0. The number of piperidine rings is 1. The first kappa shape index (κ1) is 21.8. The predicted octanol–water partition coefficient (Wildman–Crippen LogP) is 3.44. The third-order valence-electron chi connectivity index (χ3n) is 5.99. The molecule has 0 spiro atoms. The maximum absolute atomic E-state index is 13.0. The van der Waals surface area contributed by atoms with Gasteiger partial charge < -0.3 is 19.3 Å². The monoisotopic (exact) mass is 408 g/mol. The number of likely N-dealkylation sites (tertiary alicyclic amines) is 1. The van der Waals surface area contributed by atoms with E-state index in [0.717, 1.165) is 71.6 Å². The molecule has 0 N–H and O–H groups in total. The number of hydrogen-bond acceptors (Lipinski definition) is 5. The van der Waals surface area contributed by atoms with Gasteiger partial charge in [-0.3, -0.25) is 4.79 Å². The average molecular weight is 409 g/mol. The summed E-state index contributed by atoms with van der Waals surface area (Å²) >= 11 is 1.78. The van der Waals surface area contributed by atoms with Gasteiger partial charge in [-0.15, -0.1) is 11.3 Å². The van der Waals surface area contributed by atoms with Gasteiger partial charge in [0.05, 0.1) is 12.7 Å². The van der Waals surface area contributed by atoms with Crippen molar-refractivity contribution in [2.24, 2.45) is 5.92 Å². The summed E-state index contributed by atoms with van der Waals surface area (Å²) in [5.74, 6) is 0.926. The molecule has 28 heavy (non-hydrogen) atoms. The van der Waals surface area contributed by atoms with Crippen LogP contribution in [0.25, 0.3) is 0 Å². The fourth-order valence-corrected chi connectivity index (χ4v) is 5.02. The van der Waals surface area contributed by atoms with Crippen molar-refractivity contribution in [3.05, 3.63) is 22.4 Å². The molecule has 1 atom stereocenters. The van der Waals surface area contributed by atoms with Crippen LogP contribution < -0.4 is 0 Å². The molecule has 1 amide bonds. The van der Waals surface area contributed by atoms with Gasteiger partial charge in [0, 0.05) is 44.6 Å². The Morgan fingerprint density at radius 3 is 2.86 bits per heavy atom. The molecule has 1 aromatic heterocycles. The Morgan fingerprint density at radius 1 is 1.32 bits per heavy atom. The minimum atomic E-state index is 0.239. The maximum Gasteiger partial charge on any atom is 0.222 e. The lowest BCUT2D eigenvalue weighted by Gasteiger charge is -2.35. The third kappa shape index (κ3) is 7.14. The number of carbonyl (C=O) groups excluding carboxylic acids is 1. The van der Waals surface area contributed by atoms with E-state index >= 15 is 0 Å². The van der Waals surface area contributed by atoms with Gasteiger partial charge in [-0.25, -0.2) is 0 Å². The summed E-state index contributed by atoms with van der Waals surface area (Å²) in [6.07, 6.45) is 7.41. The molecule has 0 radical (unpaired) electrons. The molecule has 0 aromatic carbocycles. The Bertz CT molecular complexity index is 552. The van der Waals surface area contributed by atoms with Crippen LogP contribution >= 0.6 is 11.3 Å². The van der Waals surface area contributed by atoms with E-state index in [2.05, 4.69) is 27.3 Å². The maximum atomic E-state index is 13.0. The fourth-order valence-electron chi connectivity index (χ4n) is 4.26. The van der Waals surface area contributed by atoms with Crippen LogP contribution in [0.15, 0.2) is 17.5 Å². The van der Waals surface area contributed by atoms with Crippen molar-refractivity contribution in [1.82, 2.24) is 9.80 Å². The number of ether oxygens (including phenoxy) is 2. The summed E-state index contributed by atoms with van der Waals surface area (Å²) in [7, 11) is 1.76. The van der Waals surface area contributed by atoms with Gasteiger partial charge in [0.25, 0.3) is 0 Å². The van der Waals surface area contributed by atoms with Crippen LogP contribution in [0.2, 0.25) is 0 Å². The number of thiophene rings is 1. The summed E-state index contributed by atoms with van der Waals surface area (Å²) in [4.78, 5) is 19.0. The molecule has 0 aliphatic carbocycles. The standard InChI is InChI=1S/C22H36N2O3S/c1-26-15-13-23-11-9-19(10-12-23)17-24(18-20-5-3-14-27-20)22(25)8-2-6-21-7-4-16-28-21/h4,7,16,19-20H,2-3,5-6,8-15,17-18H2,1H3. The lowest BCUT2D eigenvalue weighted by atomic mass is 9.95. The molecule has 0 bridgehead atoms. The van der Waals surface area contributed by atoms with Crippen LogP contribution in [0.5, 0.6) is 0 Å². The molecule has 2 aliphatic heterocycles. The van der Waals surface area contributed by atoms with Gasteiger partial charge in [0.1, 0.15) is 0 Å². The van der Waals surface area contributed by atoms with Crippen molar-refractivity contribution in [3.8, 4) is 0 Å². The van der Waals surface area contributed by atoms with Crippen LogP contribution in [-0.2, 0) is 20.7 Å². The van der Waals surface area contributed by atoms with Gasteiger partial charge in [-0.05, 0) is 69.0 Å². The minimum Gasteiger partial charge on any atom is -0.383 e. The Hall–Kier alpha value is -0.950. The molecule has 3 heterocycles. The second kappa shape index (κ2) is 11.9. The molecule has 1 unspecified atom stereocenters. The Kier molecular flexibility index (Phi) is 9.25. The van der Waals surface area contributed by atoms with Crippen LogP contribution in [0.4, 0.5) is 0 Å². The zero-order valence-corrected chi connectivity index (χ0v) is 18.1. The fraction of sp³-hybridized carbons (Fsp3) is 0.773. The summed E-state index contributed by atoms with van der Waals surface area (Å²) in [6, 6.07) is 4.25. The van der Waals surface area contributed by atoms with Crippen LogP contribution in [-0.4, -0.2) is 74.9 Å². The van der Waals surface area contributed by atoms with E-state index < -0.39 is 0 Å². The first-order valence-corrected chi connectivity index (χ1v) is 11.8. The molecule has 0 saturated carbocycles. The van der Waals surface area contributed by atoms with Crippen molar-refractivity contribution < 1.29 is 14.3 Å². The Labute approximate surface area is 174 Å². The van der Waals surface area contributed by atoms with Crippen molar-refractivity contribution in [2.45, 2.75) is 51.0 Å². The van der Waals surface area contributed by atoms with Gasteiger partial charge in [0.2, 0.25) is 5.91 Å². The molecule has 158 valence electrons. The molecular weight excluding hydrogens is 372 g/mol. The Balaban J connectivity index is 1.46. The number of carbonyl (C=O) groups is 1. The quantitative estimate of drug-likeness (QED) is 0.563. The van der Waals surface area contributed by atoms with Crippen molar-refractivity contribution >= 4 is 17.2 Å². The molecule has 2 fully saturated rings. The summed E-state index contributed by atoms with van der Waals surface area (Å²) in [5, 5.41) is 2.11. The second-order valence-corrected chi connectivity index (χ2v) is 9.18. The van der Waals surface area contributed by atoms with E-state index in [0.29, 0.717) is 18.2 Å². The molecule has 3 rings (SSSR count). The number of nitrogens with zero attached hydrogens (tertiary/aromatic N) is 2. The highest BCUT2D eigenvalue weighted by molar-refractivity contribution is 7.09. The average Bonchev–Trinajstić information content (AvgIpc) is 3.41. The molecule has 6 heteroatoms. The van der Waals surface area contributed by atoms with Gasteiger partial charge in [-0.1, -0.05) is 6.07 Å². The number of methoxy groups -OCH3 is 1. The second-order valence-electron chi connectivity index (χ2n) is 8.14. The first-order chi connectivity index (χ1) is 13.7. The first-order valence-electron chi connectivity index (χ1n) is 10.9. The van der Waals surface area contributed by atoms with E-state index in [4.69, 9.17) is 9.47 Å².